The molecule has 0 saturated carbocycles. The number of hydrogen-bond acceptors (Lipinski definition) is 7. The highest BCUT2D eigenvalue weighted by molar-refractivity contribution is 5.97. The third-order valence-corrected chi connectivity index (χ3v) is 5.09. The van der Waals surface area contributed by atoms with Crippen LogP contribution in [0.5, 0.6) is 0 Å². The van der Waals surface area contributed by atoms with E-state index in [9.17, 15) is 14.7 Å². The Labute approximate surface area is 178 Å². The zero-order chi connectivity index (χ0) is 21.8. The van der Waals surface area contributed by atoms with E-state index in [1.807, 2.05) is 43.3 Å². The Kier molecular flexibility index (Phi) is 5.89. The molecule has 1 aliphatic rings. The summed E-state index contributed by atoms with van der Waals surface area (Å²) in [5.74, 6) is -0.403. The maximum atomic E-state index is 12.9. The second-order valence-electron chi connectivity index (χ2n) is 7.34. The molecule has 3 aromatic rings. The largest absolute Gasteiger partial charge is 0.445 e. The van der Waals surface area contributed by atoms with Gasteiger partial charge < -0.3 is 15.2 Å². The quantitative estimate of drug-likeness (QED) is 0.641. The van der Waals surface area contributed by atoms with Crippen LogP contribution in [0.3, 0.4) is 0 Å². The predicted octanol–water partition coefficient (Wildman–Crippen LogP) is 1.68. The maximum absolute atomic E-state index is 12.9. The topological polar surface area (TPSA) is 122 Å². The summed E-state index contributed by atoms with van der Waals surface area (Å²) in [5, 5.41) is 24.0. The van der Waals surface area contributed by atoms with E-state index >= 15 is 0 Å². The molecule has 4 rings (SSSR count). The summed E-state index contributed by atoms with van der Waals surface area (Å²) in [6.45, 7) is 2.03. The van der Waals surface area contributed by atoms with E-state index in [-0.39, 0.29) is 19.6 Å². The van der Waals surface area contributed by atoms with Gasteiger partial charge in [0, 0.05) is 12.1 Å². The average molecular weight is 422 g/mol. The van der Waals surface area contributed by atoms with Gasteiger partial charge in [-0.15, -0.1) is 5.10 Å². The molecule has 1 aliphatic heterocycles. The van der Waals surface area contributed by atoms with Gasteiger partial charge in [0.1, 0.15) is 19.0 Å². The first-order chi connectivity index (χ1) is 15.0. The Morgan fingerprint density at radius 1 is 1.23 bits per heavy atom. The molecule has 2 atom stereocenters. The Hall–Kier alpha value is -3.79. The minimum atomic E-state index is -0.837. The zero-order valence-corrected chi connectivity index (χ0v) is 16.9. The molecular weight excluding hydrogens is 400 g/mol. The van der Waals surface area contributed by atoms with Crippen LogP contribution in [0.4, 0.5) is 10.5 Å². The number of amides is 2. The number of benzene rings is 2. The first kappa shape index (κ1) is 20.5. The molecule has 31 heavy (non-hydrogen) atoms. The first-order valence-corrected chi connectivity index (χ1v) is 9.81. The number of anilines is 1. The van der Waals surface area contributed by atoms with Crippen LogP contribution < -0.4 is 5.32 Å². The monoisotopic (exact) mass is 422 g/mol. The van der Waals surface area contributed by atoms with E-state index in [0.29, 0.717) is 11.4 Å². The Morgan fingerprint density at radius 3 is 2.77 bits per heavy atom. The lowest BCUT2D eigenvalue weighted by Gasteiger charge is -2.23. The average Bonchev–Trinajstić information content (AvgIpc) is 3.44. The molecule has 2 aromatic carbocycles. The van der Waals surface area contributed by atoms with Crippen molar-refractivity contribution < 1.29 is 19.4 Å². The lowest BCUT2D eigenvalue weighted by atomic mass is 10.1. The normalized spacial score (nSPS) is 18.1. The van der Waals surface area contributed by atoms with E-state index < -0.39 is 24.1 Å². The summed E-state index contributed by atoms with van der Waals surface area (Å²) in [4.78, 5) is 26.7. The molecule has 2 amide bonds. The number of carbonyl (C=O) groups is 2. The van der Waals surface area contributed by atoms with Crippen molar-refractivity contribution in [2.75, 3.05) is 11.9 Å². The zero-order valence-electron chi connectivity index (χ0n) is 16.9. The minimum absolute atomic E-state index is 0.0372. The van der Waals surface area contributed by atoms with Crippen LogP contribution in [-0.2, 0) is 16.1 Å². The lowest BCUT2D eigenvalue weighted by Crippen LogP contribution is -2.43. The number of tetrazole rings is 1. The van der Waals surface area contributed by atoms with E-state index in [1.165, 1.54) is 15.9 Å². The number of aryl methyl sites for hydroxylation is 1. The molecule has 1 saturated heterocycles. The molecule has 1 aromatic heterocycles. The maximum Gasteiger partial charge on any atom is 0.410 e. The number of nitrogens with one attached hydrogen (secondary N) is 1. The number of hydrogen-bond donors (Lipinski definition) is 2. The van der Waals surface area contributed by atoms with Crippen molar-refractivity contribution in [2.45, 2.75) is 32.1 Å². The third-order valence-electron chi connectivity index (χ3n) is 5.09. The van der Waals surface area contributed by atoms with Gasteiger partial charge in [0.05, 0.1) is 18.3 Å². The molecular formula is C21H22N6O4. The Bertz CT molecular complexity index is 1060. The summed E-state index contributed by atoms with van der Waals surface area (Å²) >= 11 is 0. The van der Waals surface area contributed by atoms with Crippen LogP contribution in [0.1, 0.15) is 17.5 Å². The van der Waals surface area contributed by atoms with E-state index in [1.54, 1.807) is 12.1 Å². The number of aliphatic hydroxyl groups is 1. The van der Waals surface area contributed by atoms with Crippen LogP contribution in [-0.4, -0.2) is 60.9 Å². The third kappa shape index (κ3) is 4.69. The molecule has 0 unspecified atom stereocenters. The molecule has 160 valence electrons. The van der Waals surface area contributed by atoms with Crippen molar-refractivity contribution in [2.24, 2.45) is 0 Å². The van der Waals surface area contributed by atoms with Crippen molar-refractivity contribution in [1.29, 1.82) is 0 Å². The van der Waals surface area contributed by atoms with Crippen LogP contribution >= 0.6 is 0 Å². The van der Waals surface area contributed by atoms with E-state index in [4.69, 9.17) is 4.74 Å². The van der Waals surface area contributed by atoms with Gasteiger partial charge in [0.2, 0.25) is 5.91 Å². The molecule has 10 nitrogen and oxygen atoms in total. The fraction of sp³-hybridized carbons (Fsp3) is 0.286. The van der Waals surface area contributed by atoms with Gasteiger partial charge in [-0.05, 0) is 40.6 Å². The van der Waals surface area contributed by atoms with Crippen molar-refractivity contribution in [1.82, 2.24) is 25.1 Å². The van der Waals surface area contributed by atoms with Crippen LogP contribution in [0.2, 0.25) is 0 Å². The number of ether oxygens (including phenoxy) is 1. The van der Waals surface area contributed by atoms with Gasteiger partial charge in [0.15, 0.2) is 0 Å². The molecule has 0 radical (unpaired) electrons. The Morgan fingerprint density at radius 2 is 2.03 bits per heavy atom. The summed E-state index contributed by atoms with van der Waals surface area (Å²) in [6.07, 6.45) is 0.164. The molecule has 2 heterocycles. The summed E-state index contributed by atoms with van der Waals surface area (Å²) in [5.41, 5.74) is 3.01. The van der Waals surface area contributed by atoms with Gasteiger partial charge >= 0.3 is 6.09 Å². The summed E-state index contributed by atoms with van der Waals surface area (Å²) < 4.78 is 6.84. The van der Waals surface area contributed by atoms with Gasteiger partial charge in [-0.3, -0.25) is 9.69 Å². The molecule has 1 fully saturated rings. The van der Waals surface area contributed by atoms with E-state index in [0.717, 1.165) is 11.1 Å². The van der Waals surface area contributed by atoms with Crippen LogP contribution in [0.25, 0.3) is 5.69 Å². The molecule has 0 bridgehead atoms. The smallest absolute Gasteiger partial charge is 0.410 e. The number of aliphatic hydroxyl groups excluding tert-OH is 1. The van der Waals surface area contributed by atoms with Crippen LogP contribution in [0, 0.1) is 6.92 Å². The Balaban J connectivity index is 1.44. The molecule has 0 spiro atoms. The highest BCUT2D eigenvalue weighted by atomic mass is 16.6. The minimum Gasteiger partial charge on any atom is -0.445 e. The number of likely N-dealkylation sites (tertiary alicyclic amines) is 1. The van der Waals surface area contributed by atoms with Crippen molar-refractivity contribution in [3.63, 3.8) is 0 Å². The van der Waals surface area contributed by atoms with Crippen LogP contribution in [0.15, 0.2) is 54.9 Å². The number of rotatable bonds is 5. The number of β-amino-alcohol motifs (C(OH)–C–C–N with tert-alkyl or cyclic N) is 1. The van der Waals surface area contributed by atoms with E-state index in [2.05, 4.69) is 20.8 Å². The van der Waals surface area contributed by atoms with Gasteiger partial charge in [-0.25, -0.2) is 9.48 Å². The second kappa shape index (κ2) is 8.92. The van der Waals surface area contributed by atoms with Crippen molar-refractivity contribution in [3.8, 4) is 5.69 Å². The van der Waals surface area contributed by atoms with Gasteiger partial charge in [0.25, 0.3) is 0 Å². The molecule has 2 N–H and O–H groups in total. The number of carbonyl (C=O) groups excluding carboxylic acids is 2. The molecule has 10 heteroatoms. The predicted molar refractivity (Wildman–Crippen MR) is 110 cm³/mol. The van der Waals surface area contributed by atoms with Crippen molar-refractivity contribution in [3.05, 3.63) is 66.0 Å². The van der Waals surface area contributed by atoms with Crippen molar-refractivity contribution >= 4 is 17.7 Å². The number of aromatic nitrogens is 4. The number of nitrogens with zero attached hydrogens (tertiary/aromatic N) is 5. The lowest BCUT2D eigenvalue weighted by molar-refractivity contribution is -0.120. The summed E-state index contributed by atoms with van der Waals surface area (Å²) in [7, 11) is 0. The fourth-order valence-corrected chi connectivity index (χ4v) is 3.50. The van der Waals surface area contributed by atoms with Gasteiger partial charge in [-0.2, -0.15) is 0 Å². The summed E-state index contributed by atoms with van der Waals surface area (Å²) in [6, 6.07) is 13.8. The first-order valence-electron chi connectivity index (χ1n) is 9.81. The highest BCUT2D eigenvalue weighted by Crippen LogP contribution is 2.23. The highest BCUT2D eigenvalue weighted by Gasteiger charge is 2.40. The SMILES string of the molecule is Cc1ccc(NC(=O)[C@@H]2C[C@@H](O)CN2C(=O)OCc2ccccc2)cc1-n1cnnn1. The molecule has 0 aliphatic carbocycles. The van der Waals surface area contributed by atoms with Gasteiger partial charge in [-0.1, -0.05) is 36.4 Å². The second-order valence-corrected chi connectivity index (χ2v) is 7.34. The standard InChI is InChI=1S/C21H22N6O4/c1-14-7-8-16(9-18(14)27-13-22-24-25-27)23-20(29)19-10-17(28)11-26(19)21(30)31-12-15-5-3-2-4-6-15/h2-9,13,17,19,28H,10-12H2,1H3,(H,23,29)/t17-,19+/m1/s1. The fourth-order valence-electron chi connectivity index (χ4n) is 3.50.